The number of nitrogens with zero attached hydrogens (tertiary/aromatic N) is 2. The Kier molecular flexibility index (Phi) is 3.33. The molecule has 0 saturated heterocycles. The molecule has 1 aliphatic carbocycles. The number of anilines is 1. The van der Waals surface area contributed by atoms with E-state index in [0.717, 1.165) is 11.8 Å². The summed E-state index contributed by atoms with van der Waals surface area (Å²) in [4.78, 5) is 13.7. The van der Waals surface area contributed by atoms with Gasteiger partial charge in [0.05, 0.1) is 11.9 Å². The van der Waals surface area contributed by atoms with E-state index in [1.807, 2.05) is 0 Å². The van der Waals surface area contributed by atoms with Crippen molar-refractivity contribution in [2.75, 3.05) is 5.73 Å². The molecule has 106 valence electrons. The first-order valence-corrected chi connectivity index (χ1v) is 7.70. The first kappa shape index (κ1) is 13.3. The van der Waals surface area contributed by atoms with Crippen molar-refractivity contribution in [3.8, 4) is 0 Å². The molecule has 0 radical (unpaired) electrons. The molecule has 20 heavy (non-hydrogen) atoms. The molecule has 2 aromatic heterocycles. The van der Waals surface area contributed by atoms with Gasteiger partial charge in [-0.2, -0.15) is 5.10 Å². The Morgan fingerprint density at radius 3 is 2.90 bits per heavy atom. The second-order valence-corrected chi connectivity index (χ2v) is 6.59. The van der Waals surface area contributed by atoms with E-state index >= 15 is 0 Å². The van der Waals surface area contributed by atoms with Gasteiger partial charge >= 0.3 is 0 Å². The lowest BCUT2D eigenvalue weighted by atomic mass is 9.98. The lowest BCUT2D eigenvalue weighted by molar-refractivity contribution is 0.0932. The average molecular weight is 290 g/mol. The smallest absolute Gasteiger partial charge is 0.263 e. The Morgan fingerprint density at radius 2 is 2.25 bits per heavy atom. The number of hydrogen-bond acceptors (Lipinski definition) is 5. The summed E-state index contributed by atoms with van der Waals surface area (Å²) < 4.78 is 0. The molecule has 6 heteroatoms. The molecule has 0 bridgehead atoms. The minimum absolute atomic E-state index is 0.0866. The topological polar surface area (TPSA) is 80.9 Å². The second kappa shape index (κ2) is 5.01. The molecule has 0 aliphatic heterocycles. The fourth-order valence-electron chi connectivity index (χ4n) is 2.84. The summed E-state index contributed by atoms with van der Waals surface area (Å²) in [5.74, 6) is 1.08. The van der Waals surface area contributed by atoms with Crippen LogP contribution in [0.3, 0.4) is 0 Å². The monoisotopic (exact) mass is 290 g/mol. The molecule has 1 fully saturated rings. The van der Waals surface area contributed by atoms with Crippen molar-refractivity contribution < 1.29 is 4.79 Å². The maximum atomic E-state index is 12.4. The summed E-state index contributed by atoms with van der Waals surface area (Å²) in [6.45, 7) is 4.43. The Balaban J connectivity index is 1.84. The van der Waals surface area contributed by atoms with E-state index in [1.54, 1.807) is 12.3 Å². The maximum absolute atomic E-state index is 12.4. The molecule has 3 rings (SSSR count). The van der Waals surface area contributed by atoms with Gasteiger partial charge in [0.15, 0.2) is 0 Å². The van der Waals surface area contributed by atoms with E-state index in [2.05, 4.69) is 29.4 Å². The summed E-state index contributed by atoms with van der Waals surface area (Å²) in [5, 5.41) is 11.8. The van der Waals surface area contributed by atoms with Gasteiger partial charge in [-0.05, 0) is 30.7 Å². The summed E-state index contributed by atoms with van der Waals surface area (Å²) >= 11 is 1.31. The number of nitrogen functional groups attached to an aromatic ring is 1. The van der Waals surface area contributed by atoms with Crippen LogP contribution in [0.25, 0.3) is 10.2 Å². The largest absolute Gasteiger partial charge is 0.397 e. The summed E-state index contributed by atoms with van der Waals surface area (Å²) in [6, 6.07) is 2.04. The van der Waals surface area contributed by atoms with Gasteiger partial charge < -0.3 is 11.1 Å². The normalized spacial score (nSPS) is 26.0. The molecule has 2 aromatic rings. The van der Waals surface area contributed by atoms with Crippen molar-refractivity contribution >= 4 is 33.1 Å². The summed E-state index contributed by atoms with van der Waals surface area (Å²) in [5.41, 5.74) is 6.57. The van der Waals surface area contributed by atoms with Gasteiger partial charge in [-0.25, -0.2) is 0 Å². The Morgan fingerprint density at radius 1 is 1.45 bits per heavy atom. The van der Waals surface area contributed by atoms with Gasteiger partial charge in [-0.3, -0.25) is 4.79 Å². The third-order valence-corrected chi connectivity index (χ3v) is 5.51. The van der Waals surface area contributed by atoms with Crippen molar-refractivity contribution in [3.05, 3.63) is 17.1 Å². The zero-order valence-electron chi connectivity index (χ0n) is 11.6. The third kappa shape index (κ3) is 2.14. The van der Waals surface area contributed by atoms with Gasteiger partial charge in [0, 0.05) is 11.4 Å². The van der Waals surface area contributed by atoms with E-state index in [9.17, 15) is 4.79 Å². The zero-order valence-corrected chi connectivity index (χ0v) is 12.4. The van der Waals surface area contributed by atoms with Crippen LogP contribution in [0.1, 0.15) is 36.4 Å². The van der Waals surface area contributed by atoms with Gasteiger partial charge in [0.1, 0.15) is 9.71 Å². The number of aromatic nitrogens is 2. The van der Waals surface area contributed by atoms with Crippen LogP contribution < -0.4 is 11.1 Å². The summed E-state index contributed by atoms with van der Waals surface area (Å²) in [7, 11) is 0. The molecular formula is C14H18N4OS. The fraction of sp³-hybridized carbons (Fsp3) is 0.500. The number of fused-ring (bicyclic) bond motifs is 1. The van der Waals surface area contributed by atoms with Crippen LogP contribution in [-0.4, -0.2) is 22.1 Å². The van der Waals surface area contributed by atoms with Crippen LogP contribution in [0.2, 0.25) is 0 Å². The highest BCUT2D eigenvalue weighted by Gasteiger charge is 2.31. The highest BCUT2D eigenvalue weighted by molar-refractivity contribution is 7.21. The Bertz CT molecular complexity index is 654. The number of hydrogen-bond donors (Lipinski definition) is 2. The first-order valence-electron chi connectivity index (χ1n) is 6.88. The third-order valence-electron chi connectivity index (χ3n) is 4.41. The van der Waals surface area contributed by atoms with Crippen molar-refractivity contribution in [1.29, 1.82) is 0 Å². The van der Waals surface area contributed by atoms with E-state index in [4.69, 9.17) is 5.73 Å². The number of nitrogens with two attached hydrogens (primary N) is 1. The van der Waals surface area contributed by atoms with Crippen LogP contribution in [0.4, 0.5) is 5.69 Å². The van der Waals surface area contributed by atoms with Crippen LogP contribution in [0, 0.1) is 11.8 Å². The van der Waals surface area contributed by atoms with Crippen LogP contribution in [0.15, 0.2) is 12.3 Å². The minimum Gasteiger partial charge on any atom is -0.397 e. The molecule has 3 unspecified atom stereocenters. The lowest BCUT2D eigenvalue weighted by Crippen LogP contribution is -2.37. The lowest BCUT2D eigenvalue weighted by Gasteiger charge is -2.19. The number of nitrogens with one attached hydrogen (secondary N) is 1. The molecule has 0 spiro atoms. The molecule has 3 atom stereocenters. The number of carbonyl (C=O) groups is 1. The van der Waals surface area contributed by atoms with Gasteiger partial charge in [0.25, 0.3) is 5.91 Å². The van der Waals surface area contributed by atoms with Gasteiger partial charge in [0.2, 0.25) is 0 Å². The SMILES string of the molecule is CC1CCC(NC(=O)c2sc3nnccc3c2N)C1C. The van der Waals surface area contributed by atoms with E-state index in [1.165, 1.54) is 17.8 Å². The molecule has 5 nitrogen and oxygen atoms in total. The van der Waals surface area contributed by atoms with Crippen molar-refractivity contribution in [2.24, 2.45) is 11.8 Å². The van der Waals surface area contributed by atoms with Crippen LogP contribution >= 0.6 is 11.3 Å². The first-order chi connectivity index (χ1) is 9.58. The second-order valence-electron chi connectivity index (χ2n) is 5.59. The Labute approximate surface area is 121 Å². The quantitative estimate of drug-likeness (QED) is 0.890. The molecular weight excluding hydrogens is 272 g/mol. The molecule has 1 aliphatic rings. The van der Waals surface area contributed by atoms with E-state index in [0.29, 0.717) is 27.2 Å². The van der Waals surface area contributed by atoms with Crippen molar-refractivity contribution in [3.63, 3.8) is 0 Å². The van der Waals surface area contributed by atoms with E-state index in [-0.39, 0.29) is 11.9 Å². The number of rotatable bonds is 2. The minimum atomic E-state index is -0.0866. The van der Waals surface area contributed by atoms with Gasteiger partial charge in [-0.1, -0.05) is 13.8 Å². The number of amides is 1. The fourth-order valence-corrected chi connectivity index (χ4v) is 3.78. The highest BCUT2D eigenvalue weighted by atomic mass is 32.1. The van der Waals surface area contributed by atoms with Crippen molar-refractivity contribution in [2.45, 2.75) is 32.7 Å². The van der Waals surface area contributed by atoms with Gasteiger partial charge in [-0.15, -0.1) is 16.4 Å². The predicted octanol–water partition coefficient (Wildman–Crippen LogP) is 2.44. The van der Waals surface area contributed by atoms with Crippen LogP contribution in [-0.2, 0) is 0 Å². The average Bonchev–Trinajstić information content (AvgIpc) is 2.94. The summed E-state index contributed by atoms with van der Waals surface area (Å²) in [6.07, 6.45) is 3.80. The molecule has 1 saturated carbocycles. The van der Waals surface area contributed by atoms with E-state index < -0.39 is 0 Å². The van der Waals surface area contributed by atoms with Crippen molar-refractivity contribution in [1.82, 2.24) is 15.5 Å². The van der Waals surface area contributed by atoms with Crippen LogP contribution in [0.5, 0.6) is 0 Å². The number of carbonyl (C=O) groups excluding carboxylic acids is 1. The highest BCUT2D eigenvalue weighted by Crippen LogP contribution is 2.34. The number of thiophene rings is 1. The Hall–Kier alpha value is -1.69. The maximum Gasteiger partial charge on any atom is 0.263 e. The molecule has 1 amide bonds. The standard InChI is InChI=1S/C14H18N4OS/c1-7-3-4-10(8(7)2)17-13(19)12-11(15)9-5-6-16-18-14(9)20-12/h5-8,10H,3-4,15H2,1-2H3,(H,17,19). The molecule has 2 heterocycles. The molecule has 3 N–H and O–H groups in total. The molecule has 0 aromatic carbocycles. The zero-order chi connectivity index (χ0) is 14.3. The predicted molar refractivity (Wildman–Crippen MR) is 80.6 cm³/mol.